The molecule has 0 atom stereocenters. The minimum Gasteiger partial charge on any atom is -0.383 e. The molecular weight excluding hydrogens is 440 g/mol. The summed E-state index contributed by atoms with van der Waals surface area (Å²) in [7, 11) is 0. The summed E-state index contributed by atoms with van der Waals surface area (Å²) in [6.07, 6.45) is 8.75. The third-order valence-corrected chi connectivity index (χ3v) is 8.31. The second-order valence-electron chi connectivity index (χ2n) is 9.02. The Hall–Kier alpha value is -2.25. The van der Waals surface area contributed by atoms with Crippen molar-refractivity contribution in [3.8, 4) is 21.7 Å². The highest BCUT2D eigenvalue weighted by Crippen LogP contribution is 2.46. The fourth-order valence-electron chi connectivity index (χ4n) is 4.78. The highest BCUT2D eigenvalue weighted by Gasteiger charge is 2.39. The van der Waals surface area contributed by atoms with Crippen molar-refractivity contribution in [2.24, 2.45) is 0 Å². The van der Waals surface area contributed by atoms with Crippen molar-refractivity contribution in [1.29, 1.82) is 0 Å². The molecule has 0 radical (unpaired) electrons. The summed E-state index contributed by atoms with van der Waals surface area (Å²) in [5.74, 6) is 0. The third kappa shape index (κ3) is 3.55. The zero-order chi connectivity index (χ0) is 21.7. The monoisotopic (exact) mass is 464 g/mol. The van der Waals surface area contributed by atoms with Crippen molar-refractivity contribution >= 4 is 34.0 Å². The van der Waals surface area contributed by atoms with Crippen molar-refractivity contribution in [3.63, 3.8) is 0 Å². The van der Waals surface area contributed by atoms with Gasteiger partial charge in [0.25, 0.3) is 0 Å². The molecule has 1 saturated heterocycles. The highest BCUT2D eigenvalue weighted by atomic mass is 35.5. The van der Waals surface area contributed by atoms with Gasteiger partial charge in [-0.05, 0) is 62.4 Å². The van der Waals surface area contributed by atoms with Crippen LogP contribution >= 0.6 is 22.9 Å². The van der Waals surface area contributed by atoms with E-state index in [4.69, 9.17) is 11.6 Å². The number of H-pyrrole nitrogens is 1. The van der Waals surface area contributed by atoms with Crippen molar-refractivity contribution < 1.29 is 5.11 Å². The summed E-state index contributed by atoms with van der Waals surface area (Å²) in [5, 5.41) is 13.0. The molecule has 32 heavy (non-hydrogen) atoms. The van der Waals surface area contributed by atoms with Gasteiger partial charge in [-0.1, -0.05) is 35.9 Å². The van der Waals surface area contributed by atoms with Crippen LogP contribution in [-0.4, -0.2) is 38.0 Å². The Kier molecular flexibility index (Phi) is 5.06. The smallest absolute Gasteiger partial charge is 0.138 e. The lowest BCUT2D eigenvalue weighted by molar-refractivity contribution is -0.0389. The SMILES string of the molecule is OC1(c2ncc(-c3c(Cl)cnc4[nH]c(-c5ccc(CN6CCCC6)cc5)cc34)s2)CCC1. The van der Waals surface area contributed by atoms with E-state index in [1.54, 1.807) is 6.20 Å². The lowest BCUT2D eigenvalue weighted by Crippen LogP contribution is -2.33. The van der Waals surface area contributed by atoms with Crippen LogP contribution in [0.25, 0.3) is 32.7 Å². The number of aromatic amines is 1. The standard InChI is InChI=1S/C25H25ClN4OS/c26-19-13-27-23-18(22(19)21-14-28-24(32-21)25(31)8-3-9-25)12-20(29-23)17-6-4-16(5-7-17)15-30-10-1-2-11-30/h4-7,12-14,31H,1-3,8-11,15H2,(H,27,29). The quantitative estimate of drug-likeness (QED) is 0.381. The van der Waals surface area contributed by atoms with Crippen molar-refractivity contribution in [1.82, 2.24) is 19.9 Å². The number of nitrogens with zero attached hydrogens (tertiary/aromatic N) is 3. The van der Waals surface area contributed by atoms with Crippen LogP contribution in [0.1, 0.15) is 42.7 Å². The summed E-state index contributed by atoms with van der Waals surface area (Å²) in [5.41, 5.74) is 4.46. The van der Waals surface area contributed by atoms with Crippen LogP contribution in [0.15, 0.2) is 42.7 Å². The summed E-state index contributed by atoms with van der Waals surface area (Å²) < 4.78 is 0. The number of aromatic nitrogens is 3. The van der Waals surface area contributed by atoms with Crippen LogP contribution in [-0.2, 0) is 12.1 Å². The molecule has 1 aliphatic heterocycles. The number of pyridine rings is 1. The number of nitrogens with one attached hydrogen (secondary N) is 1. The predicted molar refractivity (Wildman–Crippen MR) is 130 cm³/mol. The Morgan fingerprint density at radius 3 is 2.56 bits per heavy atom. The molecule has 1 saturated carbocycles. The zero-order valence-corrected chi connectivity index (χ0v) is 19.3. The number of benzene rings is 1. The average Bonchev–Trinajstić information content (AvgIpc) is 3.53. The Bertz CT molecular complexity index is 1270. The van der Waals surface area contributed by atoms with Crippen LogP contribution in [0.4, 0.5) is 0 Å². The average molecular weight is 465 g/mol. The van der Waals surface area contributed by atoms with Gasteiger partial charge in [0.15, 0.2) is 0 Å². The van der Waals surface area contributed by atoms with Gasteiger partial charge in [0, 0.05) is 35.6 Å². The number of thiazole rings is 1. The van der Waals surface area contributed by atoms with E-state index < -0.39 is 5.60 Å². The van der Waals surface area contributed by atoms with Gasteiger partial charge in [0.2, 0.25) is 0 Å². The number of likely N-dealkylation sites (tertiary alicyclic amines) is 1. The van der Waals surface area contributed by atoms with Crippen LogP contribution < -0.4 is 0 Å². The Morgan fingerprint density at radius 2 is 1.84 bits per heavy atom. The van der Waals surface area contributed by atoms with Gasteiger partial charge >= 0.3 is 0 Å². The van der Waals surface area contributed by atoms with E-state index in [-0.39, 0.29) is 0 Å². The molecule has 2 fully saturated rings. The fourth-order valence-corrected chi connectivity index (χ4v) is 6.22. The lowest BCUT2D eigenvalue weighted by Gasteiger charge is -2.34. The normalized spacial score (nSPS) is 18.3. The van der Waals surface area contributed by atoms with Gasteiger partial charge < -0.3 is 10.1 Å². The molecule has 0 bridgehead atoms. The van der Waals surface area contributed by atoms with E-state index in [1.165, 1.54) is 42.8 Å². The summed E-state index contributed by atoms with van der Waals surface area (Å²) in [6, 6.07) is 10.9. The molecular formula is C25H25ClN4OS. The largest absolute Gasteiger partial charge is 0.383 e. The van der Waals surface area contributed by atoms with Gasteiger partial charge in [-0.25, -0.2) is 9.97 Å². The predicted octanol–water partition coefficient (Wildman–Crippen LogP) is 5.97. The topological polar surface area (TPSA) is 65.0 Å². The first-order chi connectivity index (χ1) is 15.6. The number of rotatable bonds is 5. The molecule has 1 aliphatic carbocycles. The second-order valence-corrected chi connectivity index (χ2v) is 10.5. The van der Waals surface area contributed by atoms with E-state index in [2.05, 4.69) is 50.2 Å². The van der Waals surface area contributed by atoms with Gasteiger partial charge in [-0.3, -0.25) is 4.90 Å². The lowest BCUT2D eigenvalue weighted by atomic mass is 9.81. The van der Waals surface area contributed by atoms with Crippen LogP contribution in [0.5, 0.6) is 0 Å². The molecule has 164 valence electrons. The molecule has 2 aliphatic rings. The molecule has 3 aromatic heterocycles. The second kappa shape index (κ2) is 7.96. The van der Waals surface area contributed by atoms with E-state index in [0.717, 1.165) is 63.5 Å². The van der Waals surface area contributed by atoms with Crippen LogP contribution in [0.3, 0.4) is 0 Å². The maximum absolute atomic E-state index is 10.7. The van der Waals surface area contributed by atoms with E-state index >= 15 is 0 Å². The van der Waals surface area contributed by atoms with E-state index in [0.29, 0.717) is 5.02 Å². The summed E-state index contributed by atoms with van der Waals surface area (Å²) in [6.45, 7) is 3.43. The van der Waals surface area contributed by atoms with Crippen LogP contribution in [0, 0.1) is 0 Å². The van der Waals surface area contributed by atoms with E-state index in [1.807, 2.05) is 6.20 Å². The maximum Gasteiger partial charge on any atom is 0.138 e. The summed E-state index contributed by atoms with van der Waals surface area (Å²) >= 11 is 8.13. The number of aliphatic hydroxyl groups is 1. The van der Waals surface area contributed by atoms with Gasteiger partial charge in [-0.2, -0.15) is 0 Å². The molecule has 0 unspecified atom stereocenters. The zero-order valence-electron chi connectivity index (χ0n) is 17.8. The first-order valence-electron chi connectivity index (χ1n) is 11.3. The van der Waals surface area contributed by atoms with Crippen molar-refractivity contribution in [2.45, 2.75) is 44.2 Å². The first-order valence-corrected chi connectivity index (χ1v) is 12.5. The number of halogens is 1. The minimum absolute atomic E-state index is 0.597. The fraction of sp³-hybridized carbons (Fsp3) is 0.360. The minimum atomic E-state index is -0.762. The molecule has 7 heteroatoms. The molecule has 2 N–H and O–H groups in total. The number of hydrogen-bond acceptors (Lipinski definition) is 5. The third-order valence-electron chi connectivity index (χ3n) is 6.81. The number of fused-ring (bicyclic) bond motifs is 1. The first kappa shape index (κ1) is 20.4. The van der Waals surface area contributed by atoms with Crippen LogP contribution in [0.2, 0.25) is 5.02 Å². The molecule has 5 nitrogen and oxygen atoms in total. The Balaban J connectivity index is 1.33. The summed E-state index contributed by atoms with van der Waals surface area (Å²) in [4.78, 5) is 16.0. The van der Waals surface area contributed by atoms with Crippen molar-refractivity contribution in [2.75, 3.05) is 13.1 Å². The molecule has 0 spiro atoms. The van der Waals surface area contributed by atoms with Gasteiger partial charge in [-0.15, -0.1) is 11.3 Å². The van der Waals surface area contributed by atoms with Gasteiger partial charge in [0.1, 0.15) is 16.3 Å². The van der Waals surface area contributed by atoms with E-state index in [9.17, 15) is 5.11 Å². The number of hydrogen-bond donors (Lipinski definition) is 2. The molecule has 0 amide bonds. The molecule has 4 aromatic rings. The maximum atomic E-state index is 10.7. The highest BCUT2D eigenvalue weighted by molar-refractivity contribution is 7.15. The molecule has 1 aromatic carbocycles. The van der Waals surface area contributed by atoms with Crippen molar-refractivity contribution in [3.05, 3.63) is 58.3 Å². The van der Waals surface area contributed by atoms with Gasteiger partial charge in [0.05, 0.1) is 9.90 Å². The molecule has 4 heterocycles. The Morgan fingerprint density at radius 1 is 1.06 bits per heavy atom. The molecule has 6 rings (SSSR count). The Labute approximate surface area is 196 Å².